The Hall–Kier alpha value is -1.03. The molecule has 14 heavy (non-hydrogen) atoms. The van der Waals surface area contributed by atoms with Crippen molar-refractivity contribution in [3.8, 4) is 0 Å². The van der Waals surface area contributed by atoms with E-state index in [1.54, 1.807) is 6.07 Å². The van der Waals surface area contributed by atoms with Crippen LogP contribution in [-0.4, -0.2) is 11.6 Å². The predicted octanol–water partition coefficient (Wildman–Crippen LogP) is 2.42. The first-order valence-corrected chi connectivity index (χ1v) is 4.88. The van der Waals surface area contributed by atoms with Gasteiger partial charge >= 0.3 is 0 Å². The summed E-state index contributed by atoms with van der Waals surface area (Å²) in [4.78, 5) is 21.3. The molecule has 0 saturated heterocycles. The Kier molecular flexibility index (Phi) is 3.52. The maximum atomic E-state index is 12.8. The van der Waals surface area contributed by atoms with E-state index < -0.39 is 22.2 Å². The van der Waals surface area contributed by atoms with Crippen molar-refractivity contribution in [2.75, 3.05) is 0 Å². The van der Waals surface area contributed by atoms with Crippen LogP contribution >= 0.6 is 15.9 Å². The van der Waals surface area contributed by atoms with Gasteiger partial charge in [-0.05, 0) is 17.7 Å². The van der Waals surface area contributed by atoms with Crippen LogP contribution in [0.15, 0.2) is 24.3 Å². The molecular formula is C10H8BrFO2. The number of Topliss-reactive ketones (excluding diaryl/α,β-unsaturated/α-hetero) is 2. The second-order valence-corrected chi connectivity index (χ2v) is 3.75. The van der Waals surface area contributed by atoms with E-state index >= 15 is 0 Å². The van der Waals surface area contributed by atoms with E-state index in [2.05, 4.69) is 15.9 Å². The number of hydrogen-bond acceptors (Lipinski definition) is 2. The molecule has 0 amide bonds. The van der Waals surface area contributed by atoms with Crippen LogP contribution in [0.1, 0.15) is 17.3 Å². The Morgan fingerprint density at radius 2 is 2.07 bits per heavy atom. The van der Waals surface area contributed by atoms with Gasteiger partial charge < -0.3 is 0 Å². The summed E-state index contributed by atoms with van der Waals surface area (Å²) in [5.41, 5.74) is 0.449. The van der Waals surface area contributed by atoms with E-state index in [0.717, 1.165) is 0 Å². The summed E-state index contributed by atoms with van der Waals surface area (Å²) in [6.07, 6.45) is 0. The van der Waals surface area contributed by atoms with Gasteiger partial charge in [0, 0.05) is 6.92 Å². The van der Waals surface area contributed by atoms with Gasteiger partial charge in [0.2, 0.25) is 5.78 Å². The number of halogens is 2. The Morgan fingerprint density at radius 1 is 1.43 bits per heavy atom. The van der Waals surface area contributed by atoms with Gasteiger partial charge in [-0.1, -0.05) is 28.1 Å². The van der Waals surface area contributed by atoms with Gasteiger partial charge in [0.05, 0.1) is 0 Å². The number of rotatable bonds is 3. The fraction of sp³-hybridized carbons (Fsp3) is 0.200. The zero-order chi connectivity index (χ0) is 10.7. The second-order valence-electron chi connectivity index (χ2n) is 2.84. The van der Waals surface area contributed by atoms with Crippen molar-refractivity contribution in [3.05, 3.63) is 35.6 Å². The minimum atomic E-state index is -0.754. The number of carbonyl (C=O) groups excluding carboxylic acids is 2. The third-order valence-electron chi connectivity index (χ3n) is 1.72. The van der Waals surface area contributed by atoms with Crippen molar-refractivity contribution in [2.24, 2.45) is 0 Å². The van der Waals surface area contributed by atoms with Crippen molar-refractivity contribution in [2.45, 2.75) is 11.8 Å². The first-order chi connectivity index (χ1) is 6.52. The fourth-order valence-electron chi connectivity index (χ4n) is 0.994. The van der Waals surface area contributed by atoms with Crippen molar-refractivity contribution in [1.29, 1.82) is 0 Å². The van der Waals surface area contributed by atoms with Crippen LogP contribution < -0.4 is 0 Å². The molecule has 1 aromatic carbocycles. The summed E-state index contributed by atoms with van der Waals surface area (Å²) < 4.78 is 12.8. The Bertz CT molecular complexity index is 376. The number of carbonyl (C=O) groups is 2. The highest BCUT2D eigenvalue weighted by Gasteiger charge is 2.20. The van der Waals surface area contributed by atoms with Gasteiger partial charge in [0.25, 0.3) is 0 Å². The van der Waals surface area contributed by atoms with Gasteiger partial charge in [-0.25, -0.2) is 4.39 Å². The molecule has 0 radical (unpaired) electrons. The summed E-state index contributed by atoms with van der Waals surface area (Å²) >= 11 is 3.05. The zero-order valence-electron chi connectivity index (χ0n) is 7.46. The van der Waals surface area contributed by atoms with E-state index in [-0.39, 0.29) is 0 Å². The third-order valence-corrected chi connectivity index (χ3v) is 2.66. The molecule has 0 N–H and O–H groups in total. The van der Waals surface area contributed by atoms with Gasteiger partial charge in [-0.3, -0.25) is 9.59 Å². The largest absolute Gasteiger partial charge is 0.291 e. The molecule has 0 bridgehead atoms. The normalized spacial score (nSPS) is 12.2. The van der Waals surface area contributed by atoms with Crippen LogP contribution in [0.2, 0.25) is 0 Å². The quantitative estimate of drug-likeness (QED) is 0.617. The molecule has 1 aromatic rings. The SMILES string of the molecule is CC(=O)C(=O)C(Br)c1cccc(F)c1. The lowest BCUT2D eigenvalue weighted by Gasteiger charge is -2.06. The van der Waals surface area contributed by atoms with Crippen molar-refractivity contribution in [1.82, 2.24) is 0 Å². The van der Waals surface area contributed by atoms with Crippen LogP contribution in [0.4, 0.5) is 4.39 Å². The maximum absolute atomic E-state index is 12.8. The lowest BCUT2D eigenvalue weighted by molar-refractivity contribution is -0.135. The summed E-state index contributed by atoms with van der Waals surface area (Å²) in [5, 5.41) is 0. The highest BCUT2D eigenvalue weighted by atomic mass is 79.9. The Labute approximate surface area is 89.2 Å². The molecule has 0 aromatic heterocycles. The average molecular weight is 259 g/mol. The molecule has 2 nitrogen and oxygen atoms in total. The number of hydrogen-bond donors (Lipinski definition) is 0. The molecule has 0 saturated carbocycles. The molecular weight excluding hydrogens is 251 g/mol. The summed E-state index contributed by atoms with van der Waals surface area (Å²) in [7, 11) is 0. The monoisotopic (exact) mass is 258 g/mol. The topological polar surface area (TPSA) is 34.1 Å². The smallest absolute Gasteiger partial charge is 0.216 e. The molecule has 0 fully saturated rings. The van der Waals surface area contributed by atoms with E-state index in [1.165, 1.54) is 25.1 Å². The minimum absolute atomic E-state index is 0.427. The van der Waals surface area contributed by atoms with Crippen LogP contribution in [0.5, 0.6) is 0 Å². The molecule has 0 aliphatic carbocycles. The lowest BCUT2D eigenvalue weighted by Crippen LogP contribution is -2.15. The van der Waals surface area contributed by atoms with E-state index in [1.807, 2.05) is 0 Å². The van der Waals surface area contributed by atoms with Crippen LogP contribution in [-0.2, 0) is 9.59 Å². The van der Waals surface area contributed by atoms with Gasteiger partial charge in [0.15, 0.2) is 5.78 Å². The first-order valence-electron chi connectivity index (χ1n) is 3.96. The molecule has 0 heterocycles. The molecule has 0 aliphatic heterocycles. The zero-order valence-corrected chi connectivity index (χ0v) is 9.05. The summed E-state index contributed by atoms with van der Waals surface area (Å²) in [5.74, 6) is -1.55. The maximum Gasteiger partial charge on any atom is 0.216 e. The summed E-state index contributed by atoms with van der Waals surface area (Å²) in [6.45, 7) is 1.19. The molecule has 4 heteroatoms. The third kappa shape index (κ3) is 2.48. The molecule has 74 valence electrons. The number of alkyl halides is 1. The number of benzene rings is 1. The van der Waals surface area contributed by atoms with Crippen molar-refractivity contribution in [3.63, 3.8) is 0 Å². The molecule has 0 spiro atoms. The van der Waals surface area contributed by atoms with Crippen molar-refractivity contribution >= 4 is 27.5 Å². The standard InChI is InChI=1S/C10H8BrFO2/c1-6(13)10(14)9(11)7-3-2-4-8(12)5-7/h2-5,9H,1H3. The predicted molar refractivity (Wildman–Crippen MR) is 53.8 cm³/mol. The van der Waals surface area contributed by atoms with Gasteiger partial charge in [0.1, 0.15) is 10.6 Å². The highest BCUT2D eigenvalue weighted by molar-refractivity contribution is 9.09. The lowest BCUT2D eigenvalue weighted by atomic mass is 10.1. The average Bonchev–Trinajstić information content (AvgIpc) is 2.15. The first kappa shape index (κ1) is 11.0. The molecule has 0 aliphatic rings. The van der Waals surface area contributed by atoms with Crippen LogP contribution in [0, 0.1) is 5.82 Å². The van der Waals surface area contributed by atoms with E-state index in [4.69, 9.17) is 0 Å². The second kappa shape index (κ2) is 4.46. The summed E-state index contributed by atoms with van der Waals surface area (Å²) in [6, 6.07) is 5.58. The highest BCUT2D eigenvalue weighted by Crippen LogP contribution is 2.24. The van der Waals surface area contributed by atoms with Crippen LogP contribution in [0.25, 0.3) is 0 Å². The van der Waals surface area contributed by atoms with Gasteiger partial charge in [-0.15, -0.1) is 0 Å². The number of ketones is 2. The van der Waals surface area contributed by atoms with Crippen molar-refractivity contribution < 1.29 is 14.0 Å². The van der Waals surface area contributed by atoms with Crippen LogP contribution in [0.3, 0.4) is 0 Å². The van der Waals surface area contributed by atoms with E-state index in [9.17, 15) is 14.0 Å². The van der Waals surface area contributed by atoms with Gasteiger partial charge in [-0.2, -0.15) is 0 Å². The Morgan fingerprint density at radius 3 is 2.57 bits per heavy atom. The Balaban J connectivity index is 2.95. The van der Waals surface area contributed by atoms with E-state index in [0.29, 0.717) is 5.56 Å². The fourth-order valence-corrected chi connectivity index (χ4v) is 1.60. The minimum Gasteiger partial charge on any atom is -0.291 e. The molecule has 1 unspecified atom stereocenters. The molecule has 1 atom stereocenters. The molecule has 1 rings (SSSR count).